The van der Waals surface area contributed by atoms with E-state index in [1.165, 1.54) is 32.1 Å². The first-order chi connectivity index (χ1) is 10.2. The Morgan fingerprint density at radius 3 is 2.90 bits per heavy atom. The Morgan fingerprint density at radius 2 is 2.14 bits per heavy atom. The number of oxime groups is 1. The van der Waals surface area contributed by atoms with Crippen molar-refractivity contribution in [2.45, 2.75) is 38.1 Å². The summed E-state index contributed by atoms with van der Waals surface area (Å²) in [6.45, 7) is 1.03. The average molecular weight is 289 g/mol. The molecule has 0 bridgehead atoms. The molecule has 5 heteroatoms. The monoisotopic (exact) mass is 289 g/mol. The van der Waals surface area contributed by atoms with Gasteiger partial charge < -0.3 is 20.6 Å². The van der Waals surface area contributed by atoms with E-state index >= 15 is 0 Å². The summed E-state index contributed by atoms with van der Waals surface area (Å²) in [6, 6.07) is 6.32. The van der Waals surface area contributed by atoms with Crippen LogP contribution in [0, 0.1) is 5.92 Å². The number of hydrogen-bond donors (Lipinski definition) is 2. The van der Waals surface area contributed by atoms with Gasteiger partial charge in [-0.1, -0.05) is 11.6 Å². The van der Waals surface area contributed by atoms with Gasteiger partial charge in [0.05, 0.1) is 12.8 Å². The van der Waals surface area contributed by atoms with Crippen molar-refractivity contribution in [2.24, 2.45) is 16.8 Å². The predicted molar refractivity (Wildman–Crippen MR) is 83.2 cm³/mol. The van der Waals surface area contributed by atoms with Crippen molar-refractivity contribution >= 4 is 11.5 Å². The Morgan fingerprint density at radius 1 is 1.33 bits per heavy atom. The maximum atomic E-state index is 9.04. The highest BCUT2D eigenvalue weighted by Gasteiger charge is 2.36. The third-order valence-corrected chi connectivity index (χ3v) is 4.89. The molecular weight excluding hydrogens is 266 g/mol. The third-order valence-electron chi connectivity index (χ3n) is 4.89. The molecule has 1 saturated heterocycles. The molecule has 3 N–H and O–H groups in total. The zero-order valence-electron chi connectivity index (χ0n) is 12.5. The molecule has 1 aromatic carbocycles. The van der Waals surface area contributed by atoms with Crippen LogP contribution in [0.1, 0.15) is 37.7 Å². The van der Waals surface area contributed by atoms with Crippen LogP contribution in [-0.2, 0) is 0 Å². The van der Waals surface area contributed by atoms with Crippen LogP contribution in [0.2, 0.25) is 0 Å². The molecule has 3 rings (SSSR count). The molecule has 114 valence electrons. The maximum Gasteiger partial charge on any atom is 0.172 e. The SMILES string of the molecule is COc1ccc(/C(N)=N/O)c(N2CCCC3CCCC32)c1. The van der Waals surface area contributed by atoms with Gasteiger partial charge in [-0.3, -0.25) is 0 Å². The molecule has 2 atom stereocenters. The standard InChI is InChI=1S/C16H23N3O2/c1-21-12-7-8-13(16(17)18-20)15(10-12)19-9-3-5-11-4-2-6-14(11)19/h7-8,10-11,14,20H,2-6,9H2,1H3,(H2,17,18). The average Bonchev–Trinajstić information content (AvgIpc) is 3.02. The van der Waals surface area contributed by atoms with E-state index < -0.39 is 0 Å². The second kappa shape index (κ2) is 5.84. The Kier molecular flexibility index (Phi) is 3.90. The van der Waals surface area contributed by atoms with Crippen molar-refractivity contribution in [3.63, 3.8) is 0 Å². The fraction of sp³-hybridized carbons (Fsp3) is 0.562. The van der Waals surface area contributed by atoms with Gasteiger partial charge in [-0.05, 0) is 43.7 Å². The van der Waals surface area contributed by atoms with Crippen LogP contribution in [0.5, 0.6) is 5.75 Å². The number of benzene rings is 1. The number of ether oxygens (including phenoxy) is 1. The van der Waals surface area contributed by atoms with Crippen molar-refractivity contribution in [3.8, 4) is 5.75 Å². The highest BCUT2D eigenvalue weighted by Crippen LogP contribution is 2.40. The second-order valence-electron chi connectivity index (χ2n) is 5.96. The van der Waals surface area contributed by atoms with Gasteiger partial charge >= 0.3 is 0 Å². The van der Waals surface area contributed by atoms with Crippen LogP contribution in [0.3, 0.4) is 0 Å². The van der Waals surface area contributed by atoms with E-state index in [0.29, 0.717) is 6.04 Å². The largest absolute Gasteiger partial charge is 0.497 e. The first kappa shape index (κ1) is 14.0. The molecule has 1 aromatic rings. The predicted octanol–water partition coefficient (Wildman–Crippen LogP) is 2.56. The number of fused-ring (bicyclic) bond motifs is 1. The fourth-order valence-electron chi connectivity index (χ4n) is 3.90. The van der Waals surface area contributed by atoms with Gasteiger partial charge in [0.15, 0.2) is 5.84 Å². The van der Waals surface area contributed by atoms with E-state index in [4.69, 9.17) is 15.7 Å². The van der Waals surface area contributed by atoms with E-state index in [2.05, 4.69) is 10.1 Å². The van der Waals surface area contributed by atoms with Crippen molar-refractivity contribution in [1.29, 1.82) is 0 Å². The van der Waals surface area contributed by atoms with Gasteiger partial charge in [0.1, 0.15) is 5.75 Å². The van der Waals surface area contributed by atoms with Crippen molar-refractivity contribution in [1.82, 2.24) is 0 Å². The minimum atomic E-state index is 0.160. The molecule has 2 aliphatic rings. The molecule has 0 spiro atoms. The summed E-state index contributed by atoms with van der Waals surface area (Å²) < 4.78 is 5.36. The van der Waals surface area contributed by atoms with Crippen LogP contribution in [0.25, 0.3) is 0 Å². The number of methoxy groups -OCH3 is 1. The van der Waals surface area contributed by atoms with E-state index in [1.54, 1.807) is 7.11 Å². The Hall–Kier alpha value is -1.91. The number of anilines is 1. The molecule has 1 heterocycles. The molecule has 0 radical (unpaired) electrons. The lowest BCUT2D eigenvalue weighted by Crippen LogP contribution is -2.43. The lowest BCUT2D eigenvalue weighted by Gasteiger charge is -2.40. The first-order valence-electron chi connectivity index (χ1n) is 7.67. The molecule has 21 heavy (non-hydrogen) atoms. The molecule has 1 aliphatic carbocycles. The summed E-state index contributed by atoms with van der Waals surface area (Å²) in [4.78, 5) is 2.44. The summed E-state index contributed by atoms with van der Waals surface area (Å²) in [5, 5.41) is 12.2. The minimum Gasteiger partial charge on any atom is -0.497 e. The van der Waals surface area contributed by atoms with Crippen molar-refractivity contribution in [3.05, 3.63) is 23.8 Å². The van der Waals surface area contributed by atoms with Crippen LogP contribution in [0.4, 0.5) is 5.69 Å². The molecule has 5 nitrogen and oxygen atoms in total. The molecule has 0 aromatic heterocycles. The summed E-state index contributed by atoms with van der Waals surface area (Å²) in [5.41, 5.74) is 7.68. The van der Waals surface area contributed by atoms with E-state index in [0.717, 1.165) is 29.5 Å². The topological polar surface area (TPSA) is 71.1 Å². The highest BCUT2D eigenvalue weighted by molar-refractivity contribution is 6.02. The lowest BCUT2D eigenvalue weighted by atomic mass is 9.91. The zero-order chi connectivity index (χ0) is 14.8. The number of nitrogens with zero attached hydrogens (tertiary/aromatic N) is 2. The number of hydrogen-bond acceptors (Lipinski definition) is 4. The number of rotatable bonds is 3. The summed E-state index contributed by atoms with van der Waals surface area (Å²) in [6.07, 6.45) is 6.38. The molecule has 2 fully saturated rings. The van der Waals surface area contributed by atoms with E-state index in [-0.39, 0.29) is 5.84 Å². The molecule has 0 amide bonds. The van der Waals surface area contributed by atoms with Crippen molar-refractivity contribution in [2.75, 3.05) is 18.6 Å². The lowest BCUT2D eigenvalue weighted by molar-refractivity contribution is 0.318. The Balaban J connectivity index is 2.02. The Bertz CT molecular complexity index is 544. The third kappa shape index (κ3) is 2.52. The van der Waals surface area contributed by atoms with Gasteiger partial charge in [0.2, 0.25) is 0 Å². The fourth-order valence-corrected chi connectivity index (χ4v) is 3.90. The molecule has 1 aliphatic heterocycles. The smallest absolute Gasteiger partial charge is 0.172 e. The van der Waals surface area contributed by atoms with Gasteiger partial charge in [0, 0.05) is 24.2 Å². The molecule has 1 saturated carbocycles. The normalized spacial score (nSPS) is 25.8. The van der Waals surface area contributed by atoms with Crippen molar-refractivity contribution < 1.29 is 9.94 Å². The zero-order valence-corrected chi connectivity index (χ0v) is 12.5. The van der Waals surface area contributed by atoms with Gasteiger partial charge in [-0.15, -0.1) is 0 Å². The summed E-state index contributed by atoms with van der Waals surface area (Å²) in [5.74, 6) is 1.75. The summed E-state index contributed by atoms with van der Waals surface area (Å²) >= 11 is 0. The summed E-state index contributed by atoms with van der Waals surface area (Å²) in [7, 11) is 1.66. The minimum absolute atomic E-state index is 0.160. The Labute approximate surface area is 125 Å². The van der Waals surface area contributed by atoms with E-state index in [1.807, 2.05) is 18.2 Å². The van der Waals surface area contributed by atoms with Crippen LogP contribution in [0.15, 0.2) is 23.4 Å². The van der Waals surface area contributed by atoms with Crippen LogP contribution >= 0.6 is 0 Å². The molecular formula is C16H23N3O2. The van der Waals surface area contributed by atoms with Gasteiger partial charge in [0.25, 0.3) is 0 Å². The number of amidine groups is 1. The molecule has 2 unspecified atom stereocenters. The van der Waals surface area contributed by atoms with Crippen LogP contribution < -0.4 is 15.4 Å². The first-order valence-corrected chi connectivity index (χ1v) is 7.67. The maximum absolute atomic E-state index is 9.04. The van der Waals surface area contributed by atoms with E-state index in [9.17, 15) is 0 Å². The van der Waals surface area contributed by atoms with Gasteiger partial charge in [-0.25, -0.2) is 0 Å². The number of piperidine rings is 1. The van der Waals surface area contributed by atoms with Gasteiger partial charge in [-0.2, -0.15) is 0 Å². The number of nitrogens with two attached hydrogens (primary N) is 1. The van der Waals surface area contributed by atoms with Crippen LogP contribution in [-0.4, -0.2) is 30.7 Å². The highest BCUT2D eigenvalue weighted by atomic mass is 16.5. The second-order valence-corrected chi connectivity index (χ2v) is 5.96. The quantitative estimate of drug-likeness (QED) is 0.388.